The molecule has 0 bridgehead atoms. The maximum absolute atomic E-state index is 13.0. The lowest BCUT2D eigenvalue weighted by atomic mass is 10.0. The quantitative estimate of drug-likeness (QED) is 0.726. The molecule has 2 N–H and O–H groups in total. The van der Waals surface area contributed by atoms with E-state index in [1.165, 1.54) is 0 Å². The van der Waals surface area contributed by atoms with Gasteiger partial charge in [-0.15, -0.1) is 0 Å². The molecule has 1 heterocycles. The Morgan fingerprint density at radius 1 is 1.07 bits per heavy atom. The highest BCUT2D eigenvalue weighted by molar-refractivity contribution is 7.89. The molecule has 1 fully saturated rings. The second-order valence-corrected chi connectivity index (χ2v) is 9.48. The van der Waals surface area contributed by atoms with Crippen molar-refractivity contribution in [3.05, 3.63) is 65.7 Å². The predicted molar refractivity (Wildman–Crippen MR) is 114 cm³/mol. The smallest absolute Gasteiger partial charge is 0.241 e. The Morgan fingerprint density at radius 2 is 1.69 bits per heavy atom. The van der Waals surface area contributed by atoms with Crippen LogP contribution < -0.4 is 10.0 Å². The molecule has 0 saturated carbocycles. The van der Waals surface area contributed by atoms with Gasteiger partial charge in [-0.05, 0) is 64.0 Å². The van der Waals surface area contributed by atoms with Crippen molar-refractivity contribution in [2.45, 2.75) is 43.2 Å². The van der Waals surface area contributed by atoms with Gasteiger partial charge in [0.1, 0.15) is 6.04 Å². The molecule has 2 aromatic rings. The summed E-state index contributed by atoms with van der Waals surface area (Å²) in [7, 11) is -1.75. The fraction of sp³-hybridized carbons (Fsp3) is 0.409. The molecule has 0 aromatic heterocycles. The molecule has 1 amide bonds. The van der Waals surface area contributed by atoms with E-state index in [0.717, 1.165) is 37.1 Å². The van der Waals surface area contributed by atoms with Gasteiger partial charge in [0.25, 0.3) is 0 Å². The van der Waals surface area contributed by atoms with Crippen molar-refractivity contribution in [2.24, 2.45) is 0 Å². The fourth-order valence-corrected chi connectivity index (χ4v) is 4.66. The number of nitrogens with one attached hydrogen (secondary N) is 2. The Labute approximate surface area is 173 Å². The Bertz CT molecular complexity index is 906. The van der Waals surface area contributed by atoms with E-state index in [0.29, 0.717) is 6.42 Å². The second kappa shape index (κ2) is 9.52. The standard InChI is InChI=1S/C22H29N3O3S/c1-17-8-10-20(11-9-17)29(27,28)24-21(16-18-6-4-3-5-7-18)22(26)23-19-12-14-25(2)15-13-19/h3-11,19,21,24H,12-16H2,1-2H3,(H,23,26). The van der Waals surface area contributed by atoms with E-state index >= 15 is 0 Å². The molecular weight excluding hydrogens is 386 g/mol. The summed E-state index contributed by atoms with van der Waals surface area (Å²) in [4.78, 5) is 15.4. The van der Waals surface area contributed by atoms with E-state index in [4.69, 9.17) is 0 Å². The number of aryl methyl sites for hydroxylation is 1. The summed E-state index contributed by atoms with van der Waals surface area (Å²) < 4.78 is 28.4. The van der Waals surface area contributed by atoms with Crippen LogP contribution in [-0.2, 0) is 21.2 Å². The predicted octanol–water partition coefficient (Wildman–Crippen LogP) is 2.10. The average Bonchev–Trinajstić information content (AvgIpc) is 2.70. The van der Waals surface area contributed by atoms with E-state index in [1.807, 2.05) is 37.3 Å². The van der Waals surface area contributed by atoms with Crippen LogP contribution in [0.25, 0.3) is 0 Å². The van der Waals surface area contributed by atoms with E-state index in [1.54, 1.807) is 24.3 Å². The van der Waals surface area contributed by atoms with Crippen LogP contribution in [0.1, 0.15) is 24.0 Å². The fourth-order valence-electron chi connectivity index (χ4n) is 3.47. The summed E-state index contributed by atoms with van der Waals surface area (Å²) in [6.45, 7) is 3.74. The Kier molecular flexibility index (Phi) is 7.05. The molecule has 1 aliphatic rings. The number of amides is 1. The van der Waals surface area contributed by atoms with Gasteiger partial charge in [0.15, 0.2) is 0 Å². The van der Waals surface area contributed by atoms with Crippen molar-refractivity contribution in [2.75, 3.05) is 20.1 Å². The van der Waals surface area contributed by atoms with Crippen LogP contribution in [0, 0.1) is 6.92 Å². The van der Waals surface area contributed by atoms with Gasteiger partial charge >= 0.3 is 0 Å². The number of nitrogens with zero attached hydrogens (tertiary/aromatic N) is 1. The molecule has 1 aliphatic heterocycles. The number of hydrogen-bond donors (Lipinski definition) is 2. The maximum atomic E-state index is 13.0. The Morgan fingerprint density at radius 3 is 2.31 bits per heavy atom. The van der Waals surface area contributed by atoms with Gasteiger partial charge in [-0.2, -0.15) is 4.72 Å². The number of carbonyl (C=O) groups excluding carboxylic acids is 1. The third kappa shape index (κ3) is 6.13. The summed E-state index contributed by atoms with van der Waals surface area (Å²) in [5.41, 5.74) is 1.88. The van der Waals surface area contributed by atoms with Crippen molar-refractivity contribution < 1.29 is 13.2 Å². The van der Waals surface area contributed by atoms with E-state index in [2.05, 4.69) is 22.0 Å². The highest BCUT2D eigenvalue weighted by Crippen LogP contribution is 2.14. The monoisotopic (exact) mass is 415 g/mol. The van der Waals surface area contributed by atoms with Crippen molar-refractivity contribution in [3.63, 3.8) is 0 Å². The van der Waals surface area contributed by atoms with Gasteiger partial charge in [0.2, 0.25) is 15.9 Å². The zero-order chi connectivity index (χ0) is 20.9. The summed E-state index contributed by atoms with van der Waals surface area (Å²) >= 11 is 0. The molecule has 156 valence electrons. The molecule has 0 spiro atoms. The van der Waals surface area contributed by atoms with E-state index < -0.39 is 16.1 Å². The molecule has 1 saturated heterocycles. The topological polar surface area (TPSA) is 78.5 Å². The van der Waals surface area contributed by atoms with Crippen molar-refractivity contribution >= 4 is 15.9 Å². The maximum Gasteiger partial charge on any atom is 0.241 e. The Balaban J connectivity index is 1.76. The van der Waals surface area contributed by atoms with Crippen molar-refractivity contribution in [1.29, 1.82) is 0 Å². The van der Waals surface area contributed by atoms with Crippen molar-refractivity contribution in [1.82, 2.24) is 14.9 Å². The highest BCUT2D eigenvalue weighted by atomic mass is 32.2. The third-order valence-corrected chi connectivity index (χ3v) is 6.78. The van der Waals surface area contributed by atoms with Crippen LogP contribution in [0.4, 0.5) is 0 Å². The molecular formula is C22H29N3O3S. The molecule has 1 atom stereocenters. The minimum Gasteiger partial charge on any atom is -0.352 e. The Hall–Kier alpha value is -2.22. The number of piperidine rings is 1. The summed E-state index contributed by atoms with van der Waals surface area (Å²) in [6.07, 6.45) is 2.03. The molecule has 7 heteroatoms. The molecule has 0 aliphatic carbocycles. The number of benzene rings is 2. The highest BCUT2D eigenvalue weighted by Gasteiger charge is 2.28. The second-order valence-electron chi connectivity index (χ2n) is 7.76. The summed E-state index contributed by atoms with van der Waals surface area (Å²) in [6, 6.07) is 15.3. The van der Waals surface area contributed by atoms with Crippen LogP contribution in [0.15, 0.2) is 59.5 Å². The first-order chi connectivity index (χ1) is 13.8. The molecule has 3 rings (SSSR count). The lowest BCUT2D eigenvalue weighted by molar-refractivity contribution is -0.123. The van der Waals surface area contributed by atoms with Gasteiger partial charge in [-0.1, -0.05) is 48.0 Å². The molecule has 1 unspecified atom stereocenters. The number of carbonyl (C=O) groups is 1. The zero-order valence-corrected chi connectivity index (χ0v) is 17.8. The molecule has 6 nitrogen and oxygen atoms in total. The molecule has 2 aromatic carbocycles. The van der Waals surface area contributed by atoms with E-state index in [-0.39, 0.29) is 16.8 Å². The van der Waals surface area contributed by atoms with Crippen LogP contribution in [0.3, 0.4) is 0 Å². The van der Waals surface area contributed by atoms with Crippen LogP contribution >= 0.6 is 0 Å². The first-order valence-corrected chi connectivity index (χ1v) is 11.4. The largest absolute Gasteiger partial charge is 0.352 e. The van der Waals surface area contributed by atoms with Crippen LogP contribution in [0.5, 0.6) is 0 Å². The van der Waals surface area contributed by atoms with Gasteiger partial charge in [-0.3, -0.25) is 4.79 Å². The lowest BCUT2D eigenvalue weighted by Gasteiger charge is -2.30. The lowest BCUT2D eigenvalue weighted by Crippen LogP contribution is -2.52. The average molecular weight is 416 g/mol. The number of likely N-dealkylation sites (tertiary alicyclic amines) is 1. The summed E-state index contributed by atoms with van der Waals surface area (Å²) in [5, 5.41) is 3.05. The van der Waals surface area contributed by atoms with Crippen molar-refractivity contribution in [3.8, 4) is 0 Å². The van der Waals surface area contributed by atoms with Crippen LogP contribution in [0.2, 0.25) is 0 Å². The normalized spacial score (nSPS) is 17.0. The number of hydrogen-bond acceptors (Lipinski definition) is 4. The minimum atomic E-state index is -3.81. The van der Waals surface area contributed by atoms with Gasteiger partial charge in [0, 0.05) is 6.04 Å². The zero-order valence-electron chi connectivity index (χ0n) is 17.0. The van der Waals surface area contributed by atoms with Gasteiger partial charge in [-0.25, -0.2) is 8.42 Å². The number of rotatable bonds is 7. The van der Waals surface area contributed by atoms with Crippen LogP contribution in [-0.4, -0.2) is 51.4 Å². The SMILES string of the molecule is Cc1ccc(S(=O)(=O)NC(Cc2ccccc2)C(=O)NC2CCN(C)CC2)cc1. The summed E-state index contributed by atoms with van der Waals surface area (Å²) in [5.74, 6) is -0.279. The molecule has 0 radical (unpaired) electrons. The minimum absolute atomic E-state index is 0.0702. The first kappa shape index (κ1) is 21.5. The third-order valence-electron chi connectivity index (χ3n) is 5.29. The number of sulfonamides is 1. The van der Waals surface area contributed by atoms with Gasteiger partial charge in [0.05, 0.1) is 4.90 Å². The van der Waals surface area contributed by atoms with Gasteiger partial charge < -0.3 is 10.2 Å². The molecule has 29 heavy (non-hydrogen) atoms. The van der Waals surface area contributed by atoms with E-state index in [9.17, 15) is 13.2 Å². The first-order valence-electron chi connectivity index (χ1n) is 9.95.